The van der Waals surface area contributed by atoms with E-state index in [4.69, 9.17) is 23.2 Å². The maximum atomic E-state index is 5.88. The second-order valence-corrected chi connectivity index (χ2v) is 4.39. The normalized spacial score (nSPS) is 12.4. The van der Waals surface area contributed by atoms with Gasteiger partial charge < -0.3 is 5.73 Å². The van der Waals surface area contributed by atoms with Gasteiger partial charge in [0.25, 0.3) is 0 Å². The number of nitrogens with one attached hydrogen (secondary N) is 1. The summed E-state index contributed by atoms with van der Waals surface area (Å²) in [7, 11) is 0. The topological polar surface area (TPSA) is 89.8 Å². The zero-order valence-electron chi connectivity index (χ0n) is 9.89. The Labute approximate surface area is 110 Å². The van der Waals surface area contributed by atoms with E-state index in [0.29, 0.717) is 11.0 Å². The van der Waals surface area contributed by atoms with Crippen LogP contribution in [0.5, 0.6) is 0 Å². The smallest absolute Gasteiger partial charge is 0.129 e. The number of aromatic nitrogens is 2. The first-order chi connectivity index (χ1) is 8.61. The van der Waals surface area contributed by atoms with Crippen LogP contribution in [0, 0.1) is 6.92 Å². The first-order valence-electron chi connectivity index (χ1n) is 5.41. The highest BCUT2D eigenvalue weighted by Crippen LogP contribution is 2.25. The van der Waals surface area contributed by atoms with Crippen LogP contribution < -0.4 is 17.0 Å². The molecule has 0 aliphatic heterocycles. The van der Waals surface area contributed by atoms with Gasteiger partial charge in [0, 0.05) is 18.0 Å². The number of hydrogen-bond donors (Lipinski definition) is 3. The van der Waals surface area contributed by atoms with E-state index >= 15 is 0 Å². The minimum Gasteiger partial charge on any atom is -0.383 e. The van der Waals surface area contributed by atoms with Gasteiger partial charge in [-0.3, -0.25) is 5.84 Å². The Morgan fingerprint density at radius 1 is 1.28 bits per heavy atom. The van der Waals surface area contributed by atoms with Gasteiger partial charge >= 0.3 is 0 Å². The molecule has 2 aromatic heterocycles. The van der Waals surface area contributed by atoms with Gasteiger partial charge in [-0.15, -0.1) is 0 Å². The van der Waals surface area contributed by atoms with E-state index in [1.165, 1.54) is 0 Å². The summed E-state index contributed by atoms with van der Waals surface area (Å²) in [5, 5.41) is 0.435. The average Bonchev–Trinajstić information content (AvgIpc) is 2.37. The van der Waals surface area contributed by atoms with Crippen LogP contribution in [0.1, 0.15) is 22.7 Å². The molecular formula is C12H14ClN5. The van der Waals surface area contributed by atoms with E-state index in [2.05, 4.69) is 15.4 Å². The predicted molar refractivity (Wildman–Crippen MR) is 71.8 cm³/mol. The molecule has 0 radical (unpaired) electrons. The minimum absolute atomic E-state index is 0.262. The number of aryl methyl sites for hydroxylation is 1. The van der Waals surface area contributed by atoms with Crippen molar-refractivity contribution in [2.45, 2.75) is 13.0 Å². The second kappa shape index (κ2) is 5.30. The lowest BCUT2D eigenvalue weighted by atomic mass is 10.0. The molecule has 0 aliphatic carbocycles. The van der Waals surface area contributed by atoms with Crippen LogP contribution >= 0.6 is 11.6 Å². The fourth-order valence-electron chi connectivity index (χ4n) is 1.76. The van der Waals surface area contributed by atoms with E-state index in [1.54, 1.807) is 18.5 Å². The highest BCUT2D eigenvalue weighted by atomic mass is 35.5. The number of hydrogen-bond acceptors (Lipinski definition) is 5. The molecule has 0 saturated carbocycles. The first-order valence-corrected chi connectivity index (χ1v) is 5.79. The molecule has 1 unspecified atom stereocenters. The lowest BCUT2D eigenvalue weighted by Crippen LogP contribution is -2.29. The quantitative estimate of drug-likeness (QED) is 0.444. The molecule has 0 bridgehead atoms. The summed E-state index contributed by atoms with van der Waals surface area (Å²) < 4.78 is 0. The molecule has 2 heterocycles. The highest BCUT2D eigenvalue weighted by molar-refractivity contribution is 6.29. The number of nitrogens with two attached hydrogens (primary N) is 2. The molecule has 18 heavy (non-hydrogen) atoms. The van der Waals surface area contributed by atoms with Crippen LogP contribution in [-0.4, -0.2) is 9.97 Å². The summed E-state index contributed by atoms with van der Waals surface area (Å²) >= 11 is 5.76. The van der Waals surface area contributed by atoms with E-state index in [9.17, 15) is 0 Å². The molecule has 0 aromatic carbocycles. The molecule has 1 atom stereocenters. The van der Waals surface area contributed by atoms with Crippen molar-refractivity contribution in [3.63, 3.8) is 0 Å². The van der Waals surface area contributed by atoms with Crippen LogP contribution in [0.4, 0.5) is 5.82 Å². The Balaban J connectivity index is 2.44. The SMILES string of the molecule is Cc1cnc(N)c(C(NN)c2ccc(Cl)nc2)c1. The Morgan fingerprint density at radius 2 is 2.06 bits per heavy atom. The second-order valence-electron chi connectivity index (χ2n) is 4.00. The summed E-state index contributed by atoms with van der Waals surface area (Å²) in [4.78, 5) is 8.16. The monoisotopic (exact) mass is 263 g/mol. The van der Waals surface area contributed by atoms with Crippen LogP contribution in [0.25, 0.3) is 0 Å². The van der Waals surface area contributed by atoms with Gasteiger partial charge in [0.05, 0.1) is 6.04 Å². The van der Waals surface area contributed by atoms with Crippen molar-refractivity contribution in [2.75, 3.05) is 5.73 Å². The van der Waals surface area contributed by atoms with Crippen molar-refractivity contribution >= 4 is 17.4 Å². The largest absolute Gasteiger partial charge is 0.383 e. The average molecular weight is 264 g/mol. The Morgan fingerprint density at radius 3 is 2.67 bits per heavy atom. The third-order valence-electron chi connectivity index (χ3n) is 2.65. The fourth-order valence-corrected chi connectivity index (χ4v) is 1.87. The van der Waals surface area contributed by atoms with Crippen LogP contribution in [0.2, 0.25) is 5.15 Å². The maximum Gasteiger partial charge on any atom is 0.129 e. The molecule has 5 N–H and O–H groups in total. The van der Waals surface area contributed by atoms with Crippen molar-refractivity contribution in [1.29, 1.82) is 0 Å². The van der Waals surface area contributed by atoms with E-state index in [0.717, 1.165) is 16.7 Å². The summed E-state index contributed by atoms with van der Waals surface area (Å²) in [6.45, 7) is 1.95. The van der Waals surface area contributed by atoms with Gasteiger partial charge in [-0.25, -0.2) is 15.4 Å². The molecule has 0 saturated heterocycles. The number of nitrogens with zero attached hydrogens (tertiary/aromatic N) is 2. The summed E-state index contributed by atoms with van der Waals surface area (Å²) in [6, 6.07) is 5.24. The molecule has 2 aromatic rings. The number of hydrazine groups is 1. The van der Waals surface area contributed by atoms with Crippen molar-refractivity contribution in [3.8, 4) is 0 Å². The third kappa shape index (κ3) is 2.59. The van der Waals surface area contributed by atoms with Gasteiger partial charge in [0.1, 0.15) is 11.0 Å². The molecule has 2 rings (SSSR count). The predicted octanol–water partition coefficient (Wildman–Crippen LogP) is 1.57. The fraction of sp³-hybridized carbons (Fsp3) is 0.167. The summed E-state index contributed by atoms with van der Waals surface area (Å²) in [5.74, 6) is 6.04. The van der Waals surface area contributed by atoms with Crippen LogP contribution in [0.15, 0.2) is 30.6 Å². The van der Waals surface area contributed by atoms with E-state index in [1.807, 2.05) is 19.1 Å². The molecule has 0 aliphatic rings. The lowest BCUT2D eigenvalue weighted by molar-refractivity contribution is 0.634. The molecule has 94 valence electrons. The van der Waals surface area contributed by atoms with Crippen molar-refractivity contribution in [2.24, 2.45) is 5.84 Å². The molecule has 0 amide bonds. The maximum absolute atomic E-state index is 5.88. The molecule has 0 fully saturated rings. The Bertz CT molecular complexity index is 541. The number of rotatable bonds is 3. The van der Waals surface area contributed by atoms with Gasteiger partial charge in [-0.2, -0.15) is 0 Å². The van der Waals surface area contributed by atoms with Crippen LogP contribution in [0.3, 0.4) is 0 Å². The van der Waals surface area contributed by atoms with Crippen molar-refractivity contribution in [3.05, 3.63) is 52.4 Å². The minimum atomic E-state index is -0.262. The number of nitrogen functional groups attached to an aromatic ring is 1. The first kappa shape index (κ1) is 12.8. The Kier molecular flexibility index (Phi) is 3.76. The molecular weight excluding hydrogens is 250 g/mol. The van der Waals surface area contributed by atoms with Gasteiger partial charge in [-0.05, 0) is 30.2 Å². The van der Waals surface area contributed by atoms with E-state index < -0.39 is 0 Å². The zero-order chi connectivity index (χ0) is 13.1. The summed E-state index contributed by atoms with van der Waals surface area (Å²) in [6.07, 6.45) is 3.38. The molecule has 5 nitrogen and oxygen atoms in total. The highest BCUT2D eigenvalue weighted by Gasteiger charge is 2.16. The number of anilines is 1. The van der Waals surface area contributed by atoms with Gasteiger partial charge in [0.15, 0.2) is 0 Å². The van der Waals surface area contributed by atoms with E-state index in [-0.39, 0.29) is 6.04 Å². The van der Waals surface area contributed by atoms with Gasteiger partial charge in [0.2, 0.25) is 0 Å². The molecule has 0 spiro atoms. The third-order valence-corrected chi connectivity index (χ3v) is 2.87. The Hall–Kier alpha value is -1.69. The van der Waals surface area contributed by atoms with Crippen molar-refractivity contribution < 1.29 is 0 Å². The van der Waals surface area contributed by atoms with Gasteiger partial charge in [-0.1, -0.05) is 17.7 Å². The standard InChI is InChI=1S/C12H14ClN5/c1-7-4-9(12(14)17-5-7)11(18-15)8-2-3-10(13)16-6-8/h2-6,11,18H,15H2,1H3,(H2,14,17). The van der Waals surface area contributed by atoms with Crippen LogP contribution in [-0.2, 0) is 0 Å². The lowest BCUT2D eigenvalue weighted by Gasteiger charge is -2.18. The molecule has 6 heteroatoms. The number of pyridine rings is 2. The van der Waals surface area contributed by atoms with Crippen molar-refractivity contribution in [1.82, 2.24) is 15.4 Å². The summed E-state index contributed by atoms with van der Waals surface area (Å²) in [5.41, 5.74) is 11.3. The number of halogens is 1. The zero-order valence-corrected chi connectivity index (χ0v) is 10.6.